The molecule has 31 heavy (non-hydrogen) atoms. The Kier molecular flexibility index (Phi) is 7.75. The number of amides is 2. The number of anilines is 1. The Hall–Kier alpha value is -2.55. The van der Waals surface area contributed by atoms with Crippen LogP contribution in [0.3, 0.4) is 0 Å². The molecule has 0 saturated carbocycles. The zero-order valence-corrected chi connectivity index (χ0v) is 19.9. The predicted molar refractivity (Wildman–Crippen MR) is 127 cm³/mol. The van der Waals surface area contributed by atoms with Crippen LogP contribution in [0.15, 0.2) is 64.1 Å². The summed E-state index contributed by atoms with van der Waals surface area (Å²) in [5.41, 5.74) is 7.03. The van der Waals surface area contributed by atoms with Crippen LogP contribution in [0.5, 0.6) is 0 Å². The molecule has 0 unspecified atom stereocenters. The molecule has 0 aliphatic rings. The lowest BCUT2D eigenvalue weighted by Crippen LogP contribution is -2.34. The number of allylic oxidation sites excluding steroid dienone is 1. The van der Waals surface area contributed by atoms with Crippen molar-refractivity contribution in [1.29, 1.82) is 0 Å². The second-order valence-corrected chi connectivity index (χ2v) is 10.6. The summed E-state index contributed by atoms with van der Waals surface area (Å²) in [6.45, 7) is 5.76. The van der Waals surface area contributed by atoms with Crippen molar-refractivity contribution in [1.82, 2.24) is 5.32 Å². The van der Waals surface area contributed by atoms with Crippen LogP contribution in [0.1, 0.15) is 20.8 Å². The van der Waals surface area contributed by atoms with Gasteiger partial charge in [-0.25, -0.2) is 18.2 Å². The normalized spacial score (nSPS) is 13.1. The average Bonchev–Trinajstić information content (AvgIpc) is 2.64. The topological polar surface area (TPSA) is 114 Å². The van der Waals surface area contributed by atoms with Gasteiger partial charge in [0.15, 0.2) is 9.84 Å². The van der Waals surface area contributed by atoms with E-state index in [4.69, 9.17) is 28.9 Å². The first-order valence-electron chi connectivity index (χ1n) is 9.16. The molecule has 2 rings (SSSR count). The maximum absolute atomic E-state index is 12.5. The number of carbonyl (C=O) groups is 1. The van der Waals surface area contributed by atoms with Crippen LogP contribution in [0.25, 0.3) is 0 Å². The summed E-state index contributed by atoms with van der Waals surface area (Å²) < 4.78 is 23.3. The number of nitrogens with zero attached hydrogens (tertiary/aromatic N) is 1. The van der Waals surface area contributed by atoms with Gasteiger partial charge in [0.1, 0.15) is 5.84 Å². The minimum atomic E-state index is -3.33. The molecule has 7 nitrogen and oxygen atoms in total. The number of halogens is 2. The molecule has 2 aromatic carbocycles. The molecule has 10 heteroatoms. The van der Waals surface area contributed by atoms with Crippen LogP contribution < -0.4 is 16.4 Å². The predicted octanol–water partition coefficient (Wildman–Crippen LogP) is 5.14. The lowest BCUT2D eigenvalue weighted by Gasteiger charge is -2.19. The van der Waals surface area contributed by atoms with E-state index in [1.165, 1.54) is 24.3 Å². The smallest absolute Gasteiger partial charge is 0.324 e. The third-order valence-corrected chi connectivity index (χ3v) is 6.06. The number of rotatable bonds is 4. The molecule has 0 spiro atoms. The van der Waals surface area contributed by atoms with Gasteiger partial charge >= 0.3 is 6.03 Å². The zero-order chi connectivity index (χ0) is 23.4. The maximum atomic E-state index is 12.5. The zero-order valence-electron chi connectivity index (χ0n) is 17.5. The number of hydrogen-bond donors (Lipinski definition) is 3. The van der Waals surface area contributed by atoms with Crippen LogP contribution >= 0.6 is 23.2 Å². The van der Waals surface area contributed by atoms with Gasteiger partial charge < -0.3 is 11.1 Å². The van der Waals surface area contributed by atoms with Crippen molar-refractivity contribution < 1.29 is 13.2 Å². The van der Waals surface area contributed by atoms with E-state index in [-0.39, 0.29) is 21.2 Å². The van der Waals surface area contributed by atoms with Gasteiger partial charge in [0.05, 0.1) is 26.3 Å². The van der Waals surface area contributed by atoms with Crippen molar-refractivity contribution in [3.8, 4) is 0 Å². The highest BCUT2D eigenvalue weighted by molar-refractivity contribution is 7.90. The number of sulfone groups is 1. The number of amidine groups is 1. The van der Waals surface area contributed by atoms with Gasteiger partial charge in [-0.1, -0.05) is 50.0 Å². The van der Waals surface area contributed by atoms with Crippen LogP contribution in [-0.2, 0) is 9.84 Å². The van der Waals surface area contributed by atoms with Crippen LogP contribution in [-0.4, -0.2) is 26.5 Å². The van der Waals surface area contributed by atoms with E-state index in [9.17, 15) is 13.2 Å². The Labute approximate surface area is 192 Å². The Morgan fingerprint density at radius 3 is 2.26 bits per heavy atom. The van der Waals surface area contributed by atoms with E-state index in [1.54, 1.807) is 24.3 Å². The molecule has 2 amide bonds. The minimum absolute atomic E-state index is 0.162. The summed E-state index contributed by atoms with van der Waals surface area (Å²) in [7, 11) is -3.33. The number of nitrogens with two attached hydrogens (primary N) is 1. The fourth-order valence-electron chi connectivity index (χ4n) is 2.24. The monoisotopic (exact) mass is 482 g/mol. The van der Waals surface area contributed by atoms with E-state index >= 15 is 0 Å². The molecule has 0 aromatic heterocycles. The standard InChI is InChI=1S/C21H24Cl2N4O3S/c1-21(2,3)17(24)12-18(25-13-8-10-14(11-9-13)31(4,29)30)27-20(28)26-16-7-5-6-15(22)19(16)23/h5-12H,24H2,1-4H3,(H2,25,26,27,28). The van der Waals surface area contributed by atoms with Crippen molar-refractivity contribution >= 4 is 56.3 Å². The van der Waals surface area contributed by atoms with E-state index in [0.717, 1.165) is 6.26 Å². The van der Waals surface area contributed by atoms with E-state index in [0.29, 0.717) is 22.1 Å². The highest BCUT2D eigenvalue weighted by atomic mass is 35.5. The first-order valence-corrected chi connectivity index (χ1v) is 11.8. The Morgan fingerprint density at radius 1 is 1.10 bits per heavy atom. The molecule has 0 fully saturated rings. The van der Waals surface area contributed by atoms with Crippen molar-refractivity contribution in [2.24, 2.45) is 16.1 Å². The molecule has 0 bridgehead atoms. The van der Waals surface area contributed by atoms with Crippen LogP contribution in [0.4, 0.5) is 16.2 Å². The van der Waals surface area contributed by atoms with Gasteiger partial charge in [-0.05, 0) is 36.4 Å². The van der Waals surface area contributed by atoms with Crippen molar-refractivity contribution in [2.45, 2.75) is 25.7 Å². The molecular formula is C21H24Cl2N4O3S. The molecule has 0 aliphatic heterocycles. The first kappa shape index (κ1) is 24.7. The second-order valence-electron chi connectivity index (χ2n) is 7.79. The molecule has 0 atom stereocenters. The number of nitrogens with one attached hydrogen (secondary N) is 2. The molecule has 0 radical (unpaired) electrons. The van der Waals surface area contributed by atoms with Crippen LogP contribution in [0, 0.1) is 5.41 Å². The fraction of sp³-hybridized carbons (Fsp3) is 0.238. The lowest BCUT2D eigenvalue weighted by atomic mass is 9.92. The van der Waals surface area contributed by atoms with E-state index < -0.39 is 15.9 Å². The van der Waals surface area contributed by atoms with Crippen molar-refractivity contribution in [3.63, 3.8) is 0 Å². The summed E-state index contributed by atoms with van der Waals surface area (Å²) >= 11 is 12.1. The molecule has 0 heterocycles. The van der Waals surface area contributed by atoms with Gasteiger partial charge in [0.2, 0.25) is 0 Å². The second kappa shape index (κ2) is 9.72. The van der Waals surface area contributed by atoms with E-state index in [1.807, 2.05) is 20.8 Å². The highest BCUT2D eigenvalue weighted by Crippen LogP contribution is 2.29. The number of aliphatic imine (C=N–C) groups is 1. The van der Waals surface area contributed by atoms with Gasteiger partial charge in [-0.2, -0.15) is 0 Å². The van der Waals surface area contributed by atoms with Gasteiger partial charge in [0, 0.05) is 23.4 Å². The highest BCUT2D eigenvalue weighted by Gasteiger charge is 2.16. The van der Waals surface area contributed by atoms with Crippen molar-refractivity contribution in [3.05, 3.63) is 64.3 Å². The quantitative estimate of drug-likeness (QED) is 0.413. The van der Waals surface area contributed by atoms with Gasteiger partial charge in [-0.3, -0.25) is 5.32 Å². The third kappa shape index (κ3) is 7.27. The summed E-state index contributed by atoms with van der Waals surface area (Å²) in [6, 6.07) is 10.2. The molecular weight excluding hydrogens is 459 g/mol. The molecule has 4 N–H and O–H groups in total. The largest absolute Gasteiger partial charge is 0.401 e. The molecule has 0 saturated heterocycles. The van der Waals surface area contributed by atoms with Gasteiger partial charge in [-0.15, -0.1) is 0 Å². The summed E-state index contributed by atoms with van der Waals surface area (Å²) in [5.74, 6) is 0.162. The molecule has 0 aliphatic carbocycles. The molecule has 166 valence electrons. The van der Waals surface area contributed by atoms with Gasteiger partial charge in [0.25, 0.3) is 0 Å². The minimum Gasteiger partial charge on any atom is -0.401 e. The average molecular weight is 483 g/mol. The number of hydrogen-bond acceptors (Lipinski definition) is 5. The number of carbonyl (C=O) groups excluding carboxylic acids is 1. The summed E-state index contributed by atoms with van der Waals surface area (Å²) in [4.78, 5) is 17.1. The number of urea groups is 1. The molecule has 2 aromatic rings. The van der Waals surface area contributed by atoms with Crippen molar-refractivity contribution in [2.75, 3.05) is 11.6 Å². The van der Waals surface area contributed by atoms with Crippen LogP contribution in [0.2, 0.25) is 10.0 Å². The third-order valence-electron chi connectivity index (χ3n) is 4.11. The van der Waals surface area contributed by atoms with E-state index in [2.05, 4.69) is 15.6 Å². The fourth-order valence-corrected chi connectivity index (χ4v) is 3.22. The lowest BCUT2D eigenvalue weighted by molar-refractivity contribution is 0.256. The Bertz CT molecular complexity index is 1140. The maximum Gasteiger partial charge on any atom is 0.324 e. The Balaban J connectivity index is 2.35. The summed E-state index contributed by atoms with van der Waals surface area (Å²) in [6.07, 6.45) is 2.67. The summed E-state index contributed by atoms with van der Waals surface area (Å²) in [5, 5.41) is 5.75. The Morgan fingerprint density at radius 2 is 1.71 bits per heavy atom. The SMILES string of the molecule is CC(C)(C)C(N)=CC(=Nc1ccc(S(C)(=O)=O)cc1)NC(=O)Nc1cccc(Cl)c1Cl. The number of benzene rings is 2. The first-order chi connectivity index (χ1) is 14.3.